The van der Waals surface area contributed by atoms with Crippen LogP contribution in [0.3, 0.4) is 0 Å². The highest BCUT2D eigenvalue weighted by Gasteiger charge is 2.45. The van der Waals surface area contributed by atoms with Gasteiger partial charge < -0.3 is 10.6 Å². The number of halogens is 1. The van der Waals surface area contributed by atoms with Gasteiger partial charge in [0.25, 0.3) is 0 Å². The molecule has 1 spiro atoms. The van der Waals surface area contributed by atoms with Crippen molar-refractivity contribution >= 4 is 21.9 Å². The maximum Gasteiger partial charge on any atom is 0.191 e. The molecule has 3 aliphatic rings. The van der Waals surface area contributed by atoms with Crippen LogP contribution in [0, 0.1) is 5.92 Å². The van der Waals surface area contributed by atoms with E-state index in [0.29, 0.717) is 0 Å². The number of hydrogen-bond donors (Lipinski definition) is 1. The van der Waals surface area contributed by atoms with Gasteiger partial charge in [-0.2, -0.15) is 0 Å². The van der Waals surface area contributed by atoms with Crippen molar-refractivity contribution in [2.45, 2.75) is 37.6 Å². The van der Waals surface area contributed by atoms with Gasteiger partial charge in [-0.15, -0.1) is 0 Å². The van der Waals surface area contributed by atoms with Gasteiger partial charge in [-0.05, 0) is 61.3 Å². The lowest BCUT2D eigenvalue weighted by Gasteiger charge is -2.43. The van der Waals surface area contributed by atoms with E-state index in [1.165, 1.54) is 34.9 Å². The van der Waals surface area contributed by atoms with Crippen LogP contribution in [0.2, 0.25) is 0 Å². The maximum atomic E-state index is 6.17. The first-order valence-electron chi connectivity index (χ1n) is 7.51. The Balaban J connectivity index is 1.63. The van der Waals surface area contributed by atoms with E-state index in [4.69, 9.17) is 5.73 Å². The highest BCUT2D eigenvalue weighted by atomic mass is 79.9. The zero-order chi connectivity index (χ0) is 13.7. The van der Waals surface area contributed by atoms with Crippen LogP contribution in [0.4, 0.5) is 0 Å². The Labute approximate surface area is 128 Å². The fraction of sp³-hybridized carbons (Fsp3) is 0.562. The lowest BCUT2D eigenvalue weighted by atomic mass is 9.77. The van der Waals surface area contributed by atoms with Crippen molar-refractivity contribution in [3.8, 4) is 0 Å². The van der Waals surface area contributed by atoms with Crippen molar-refractivity contribution in [1.29, 1.82) is 0 Å². The molecular formula is C16H20BrN3. The third-order valence-corrected chi connectivity index (χ3v) is 5.56. The van der Waals surface area contributed by atoms with Crippen molar-refractivity contribution in [3.05, 3.63) is 33.8 Å². The number of benzene rings is 1. The summed E-state index contributed by atoms with van der Waals surface area (Å²) < 4.78 is 1.18. The molecule has 4 rings (SSSR count). The Hall–Kier alpha value is -1.03. The summed E-state index contributed by atoms with van der Waals surface area (Å²) in [5.74, 6) is 1.63. The Morgan fingerprint density at radius 2 is 2.20 bits per heavy atom. The first-order chi connectivity index (χ1) is 9.66. The minimum atomic E-state index is 0.160. The number of aliphatic imine (C=N–C) groups is 1. The van der Waals surface area contributed by atoms with Gasteiger partial charge in [0.05, 0.1) is 12.1 Å². The molecule has 1 aromatic carbocycles. The summed E-state index contributed by atoms with van der Waals surface area (Å²) in [5.41, 5.74) is 9.30. The standard InChI is InChI=1S/C16H20BrN3/c17-14-4-3-13-8-16(6-5-12(13)7-14)10-19-15(18)20(16)9-11-1-2-11/h3-4,7,11H,1-2,5-6,8-10H2,(H2,18,19). The Morgan fingerprint density at radius 3 is 3.00 bits per heavy atom. The Bertz CT molecular complexity index is 579. The lowest BCUT2D eigenvalue weighted by Crippen LogP contribution is -2.55. The molecular weight excluding hydrogens is 314 g/mol. The summed E-state index contributed by atoms with van der Waals surface area (Å²) >= 11 is 3.57. The van der Waals surface area contributed by atoms with Crippen LogP contribution in [0.25, 0.3) is 0 Å². The molecule has 20 heavy (non-hydrogen) atoms. The van der Waals surface area contributed by atoms with Gasteiger partial charge in [0.1, 0.15) is 0 Å². The third-order valence-electron chi connectivity index (χ3n) is 5.07. The molecule has 2 aliphatic carbocycles. The van der Waals surface area contributed by atoms with Gasteiger partial charge in [-0.1, -0.05) is 22.0 Å². The van der Waals surface area contributed by atoms with Crippen LogP contribution in [0.1, 0.15) is 30.4 Å². The smallest absolute Gasteiger partial charge is 0.191 e. The fourth-order valence-corrected chi connectivity index (χ4v) is 4.07. The molecule has 0 aromatic heterocycles. The molecule has 4 heteroatoms. The molecule has 1 atom stereocenters. The molecule has 106 valence electrons. The van der Waals surface area contributed by atoms with Gasteiger partial charge in [0.15, 0.2) is 5.96 Å². The fourth-order valence-electron chi connectivity index (χ4n) is 3.66. The van der Waals surface area contributed by atoms with Crippen molar-refractivity contribution < 1.29 is 0 Å². The summed E-state index contributed by atoms with van der Waals surface area (Å²) in [7, 11) is 0. The predicted molar refractivity (Wildman–Crippen MR) is 84.8 cm³/mol. The average Bonchev–Trinajstić information content (AvgIpc) is 3.21. The molecule has 0 bridgehead atoms. The van der Waals surface area contributed by atoms with E-state index in [1.807, 2.05) is 0 Å². The maximum absolute atomic E-state index is 6.17. The second-order valence-corrected chi connectivity index (χ2v) is 7.46. The van der Waals surface area contributed by atoms with E-state index in [9.17, 15) is 0 Å². The Morgan fingerprint density at radius 1 is 1.35 bits per heavy atom. The van der Waals surface area contributed by atoms with Crippen LogP contribution in [-0.2, 0) is 12.8 Å². The van der Waals surface area contributed by atoms with E-state index in [0.717, 1.165) is 37.8 Å². The van der Waals surface area contributed by atoms with E-state index in [1.54, 1.807) is 0 Å². The van der Waals surface area contributed by atoms with Crippen LogP contribution in [0.15, 0.2) is 27.7 Å². The topological polar surface area (TPSA) is 41.6 Å². The number of rotatable bonds is 2. The highest BCUT2D eigenvalue weighted by Crippen LogP contribution is 2.40. The summed E-state index contributed by atoms with van der Waals surface area (Å²) in [4.78, 5) is 7.00. The van der Waals surface area contributed by atoms with Gasteiger partial charge in [-0.25, -0.2) is 0 Å². The molecule has 1 aromatic rings. The first kappa shape index (κ1) is 12.7. The third kappa shape index (κ3) is 2.05. The van der Waals surface area contributed by atoms with E-state index in [2.05, 4.69) is 44.0 Å². The largest absolute Gasteiger partial charge is 0.370 e. The van der Waals surface area contributed by atoms with Gasteiger partial charge >= 0.3 is 0 Å². The first-order valence-corrected chi connectivity index (χ1v) is 8.30. The molecule has 1 unspecified atom stereocenters. The van der Waals surface area contributed by atoms with Gasteiger partial charge in [0.2, 0.25) is 0 Å². The molecule has 0 radical (unpaired) electrons. The number of aryl methyl sites for hydroxylation is 1. The number of nitrogens with zero attached hydrogens (tertiary/aromatic N) is 2. The lowest BCUT2D eigenvalue weighted by molar-refractivity contribution is 0.170. The number of hydrogen-bond acceptors (Lipinski definition) is 3. The molecule has 1 aliphatic heterocycles. The number of nitrogens with two attached hydrogens (primary N) is 1. The van der Waals surface area contributed by atoms with Crippen molar-refractivity contribution in [2.75, 3.05) is 13.1 Å². The summed E-state index contributed by atoms with van der Waals surface area (Å²) in [6.45, 7) is 1.99. The van der Waals surface area contributed by atoms with E-state index < -0.39 is 0 Å². The normalized spacial score (nSPS) is 28.6. The van der Waals surface area contributed by atoms with Crippen molar-refractivity contribution in [1.82, 2.24) is 4.90 Å². The van der Waals surface area contributed by atoms with Gasteiger partial charge in [-0.3, -0.25) is 4.99 Å². The average molecular weight is 334 g/mol. The second kappa shape index (κ2) is 4.48. The minimum Gasteiger partial charge on any atom is -0.370 e. The second-order valence-electron chi connectivity index (χ2n) is 6.54. The van der Waals surface area contributed by atoms with Crippen molar-refractivity contribution in [2.24, 2.45) is 16.6 Å². The number of fused-ring (bicyclic) bond motifs is 1. The van der Waals surface area contributed by atoms with Crippen LogP contribution in [0.5, 0.6) is 0 Å². The molecule has 0 saturated heterocycles. The summed E-state index contributed by atoms with van der Waals surface area (Å²) in [5, 5.41) is 0. The monoisotopic (exact) mass is 333 g/mol. The zero-order valence-electron chi connectivity index (χ0n) is 11.6. The zero-order valence-corrected chi connectivity index (χ0v) is 13.2. The van der Waals surface area contributed by atoms with E-state index in [-0.39, 0.29) is 5.54 Å². The SMILES string of the molecule is NC1=NCC2(CCc3cc(Br)ccc3C2)N1CC1CC1. The summed E-state index contributed by atoms with van der Waals surface area (Å²) in [6, 6.07) is 6.69. The minimum absolute atomic E-state index is 0.160. The van der Waals surface area contributed by atoms with Crippen LogP contribution >= 0.6 is 15.9 Å². The molecule has 1 heterocycles. The molecule has 3 nitrogen and oxygen atoms in total. The molecule has 2 N–H and O–H groups in total. The van der Waals surface area contributed by atoms with Crippen LogP contribution < -0.4 is 5.73 Å². The molecule has 0 amide bonds. The predicted octanol–water partition coefficient (Wildman–Crippen LogP) is 2.72. The molecule has 1 fully saturated rings. The number of guanidine groups is 1. The van der Waals surface area contributed by atoms with Gasteiger partial charge in [0, 0.05) is 11.0 Å². The summed E-state index contributed by atoms with van der Waals surface area (Å²) in [6.07, 6.45) is 6.13. The quantitative estimate of drug-likeness (QED) is 0.904. The van der Waals surface area contributed by atoms with E-state index >= 15 is 0 Å². The highest BCUT2D eigenvalue weighted by molar-refractivity contribution is 9.10. The van der Waals surface area contributed by atoms with Crippen molar-refractivity contribution in [3.63, 3.8) is 0 Å². The Kier molecular flexibility index (Phi) is 2.85. The van der Waals surface area contributed by atoms with Crippen LogP contribution in [-0.4, -0.2) is 29.5 Å². The molecule has 1 saturated carbocycles.